The summed E-state index contributed by atoms with van der Waals surface area (Å²) in [4.78, 5) is 5.04. The van der Waals surface area contributed by atoms with E-state index in [-0.39, 0.29) is 0 Å². The maximum atomic E-state index is 3.80. The Bertz CT molecular complexity index is 255. The first-order valence-electron chi connectivity index (χ1n) is 8.77. The van der Waals surface area contributed by atoms with Crippen LogP contribution in [0.25, 0.3) is 0 Å². The second-order valence-corrected chi connectivity index (χ2v) is 7.28. The standard InChI is InChI=1S/C17H35N3/c1-15(13-18-17-7-5-4-6-8-17)20(3)14-16-9-11-19(2)12-10-16/h15-18H,4-14H2,1-3H3. The van der Waals surface area contributed by atoms with Crippen molar-refractivity contribution < 1.29 is 0 Å². The van der Waals surface area contributed by atoms with Crippen LogP contribution in [-0.4, -0.2) is 62.2 Å². The molecule has 0 spiro atoms. The van der Waals surface area contributed by atoms with Crippen LogP contribution in [0.2, 0.25) is 0 Å². The zero-order valence-corrected chi connectivity index (χ0v) is 13.9. The number of likely N-dealkylation sites (N-methyl/N-ethyl adjacent to an activating group) is 1. The number of piperidine rings is 1. The Morgan fingerprint density at radius 1 is 1.10 bits per heavy atom. The average Bonchev–Trinajstić information content (AvgIpc) is 2.48. The van der Waals surface area contributed by atoms with Gasteiger partial charge in [0.1, 0.15) is 0 Å². The number of likely N-dealkylation sites (tertiary alicyclic amines) is 1. The lowest BCUT2D eigenvalue weighted by atomic mass is 9.95. The van der Waals surface area contributed by atoms with E-state index in [4.69, 9.17) is 0 Å². The van der Waals surface area contributed by atoms with E-state index in [0.717, 1.165) is 18.5 Å². The Labute approximate surface area is 126 Å². The van der Waals surface area contributed by atoms with Crippen LogP contribution in [0.1, 0.15) is 51.9 Å². The van der Waals surface area contributed by atoms with Crippen LogP contribution < -0.4 is 5.32 Å². The molecule has 118 valence electrons. The van der Waals surface area contributed by atoms with Crippen LogP contribution in [0.3, 0.4) is 0 Å². The molecular formula is C17H35N3. The molecule has 1 unspecified atom stereocenters. The van der Waals surface area contributed by atoms with E-state index >= 15 is 0 Å². The summed E-state index contributed by atoms with van der Waals surface area (Å²) < 4.78 is 0. The fraction of sp³-hybridized carbons (Fsp3) is 1.00. The minimum atomic E-state index is 0.664. The van der Waals surface area contributed by atoms with Crippen molar-refractivity contribution in [2.24, 2.45) is 5.92 Å². The highest BCUT2D eigenvalue weighted by atomic mass is 15.2. The Balaban J connectivity index is 1.62. The molecule has 2 fully saturated rings. The Morgan fingerprint density at radius 3 is 2.40 bits per heavy atom. The molecule has 0 radical (unpaired) electrons. The molecule has 1 heterocycles. The molecule has 20 heavy (non-hydrogen) atoms. The summed E-state index contributed by atoms with van der Waals surface area (Å²) in [5.41, 5.74) is 0. The Hall–Kier alpha value is -0.120. The largest absolute Gasteiger partial charge is 0.312 e. The molecule has 0 aromatic rings. The summed E-state index contributed by atoms with van der Waals surface area (Å²) in [6, 6.07) is 1.46. The second kappa shape index (κ2) is 8.35. The van der Waals surface area contributed by atoms with Gasteiger partial charge in [0.05, 0.1) is 0 Å². The molecular weight excluding hydrogens is 246 g/mol. The van der Waals surface area contributed by atoms with Gasteiger partial charge in [-0.3, -0.25) is 0 Å². The molecule has 1 atom stereocenters. The lowest BCUT2D eigenvalue weighted by molar-refractivity contribution is 0.151. The van der Waals surface area contributed by atoms with Crippen molar-refractivity contribution in [1.29, 1.82) is 0 Å². The van der Waals surface area contributed by atoms with Gasteiger partial charge >= 0.3 is 0 Å². The van der Waals surface area contributed by atoms with Crippen molar-refractivity contribution in [2.75, 3.05) is 40.3 Å². The second-order valence-electron chi connectivity index (χ2n) is 7.28. The van der Waals surface area contributed by atoms with Crippen LogP contribution in [0, 0.1) is 5.92 Å². The van der Waals surface area contributed by atoms with Crippen LogP contribution >= 0.6 is 0 Å². The van der Waals surface area contributed by atoms with Crippen molar-refractivity contribution in [3.05, 3.63) is 0 Å². The summed E-state index contributed by atoms with van der Waals surface area (Å²) >= 11 is 0. The highest BCUT2D eigenvalue weighted by Crippen LogP contribution is 2.19. The van der Waals surface area contributed by atoms with Gasteiger partial charge in [-0.25, -0.2) is 0 Å². The van der Waals surface area contributed by atoms with Gasteiger partial charge in [0, 0.05) is 25.2 Å². The van der Waals surface area contributed by atoms with E-state index in [1.165, 1.54) is 64.6 Å². The third-order valence-corrected chi connectivity index (χ3v) is 5.44. The van der Waals surface area contributed by atoms with Gasteiger partial charge in [0.15, 0.2) is 0 Å². The number of hydrogen-bond donors (Lipinski definition) is 1. The molecule has 1 aliphatic heterocycles. The predicted octanol–water partition coefficient (Wildman–Crippen LogP) is 2.57. The van der Waals surface area contributed by atoms with E-state index in [1.54, 1.807) is 0 Å². The maximum Gasteiger partial charge on any atom is 0.0189 e. The molecule has 2 aliphatic rings. The molecule has 0 bridgehead atoms. The van der Waals surface area contributed by atoms with Gasteiger partial charge in [-0.2, -0.15) is 0 Å². The SMILES string of the molecule is CC(CNC1CCCCC1)N(C)CC1CCN(C)CC1. The first-order valence-corrected chi connectivity index (χ1v) is 8.77. The first-order chi connectivity index (χ1) is 9.65. The molecule has 0 aromatic carbocycles. The zero-order chi connectivity index (χ0) is 14.4. The van der Waals surface area contributed by atoms with E-state index < -0.39 is 0 Å². The molecule has 1 aliphatic carbocycles. The highest BCUT2D eigenvalue weighted by molar-refractivity contribution is 4.78. The minimum Gasteiger partial charge on any atom is -0.312 e. The van der Waals surface area contributed by atoms with Crippen molar-refractivity contribution in [3.63, 3.8) is 0 Å². The summed E-state index contributed by atoms with van der Waals surface area (Å²) in [6.45, 7) is 7.39. The summed E-state index contributed by atoms with van der Waals surface area (Å²) in [5, 5.41) is 3.80. The Kier molecular flexibility index (Phi) is 6.79. The van der Waals surface area contributed by atoms with Crippen molar-refractivity contribution in [3.8, 4) is 0 Å². The van der Waals surface area contributed by atoms with Gasteiger partial charge < -0.3 is 15.1 Å². The van der Waals surface area contributed by atoms with Crippen LogP contribution in [0.15, 0.2) is 0 Å². The molecule has 1 saturated carbocycles. The molecule has 1 N–H and O–H groups in total. The highest BCUT2D eigenvalue weighted by Gasteiger charge is 2.21. The van der Waals surface area contributed by atoms with Gasteiger partial charge in [0.2, 0.25) is 0 Å². The topological polar surface area (TPSA) is 18.5 Å². The van der Waals surface area contributed by atoms with E-state index in [0.29, 0.717) is 6.04 Å². The lowest BCUT2D eigenvalue weighted by Crippen LogP contribution is -2.45. The zero-order valence-electron chi connectivity index (χ0n) is 13.9. The average molecular weight is 281 g/mol. The van der Waals surface area contributed by atoms with Crippen molar-refractivity contribution in [2.45, 2.75) is 64.0 Å². The van der Waals surface area contributed by atoms with E-state index in [9.17, 15) is 0 Å². The van der Waals surface area contributed by atoms with Crippen LogP contribution in [0.4, 0.5) is 0 Å². The van der Waals surface area contributed by atoms with Crippen LogP contribution in [0.5, 0.6) is 0 Å². The fourth-order valence-corrected chi connectivity index (χ4v) is 3.63. The number of hydrogen-bond acceptors (Lipinski definition) is 3. The third-order valence-electron chi connectivity index (χ3n) is 5.44. The molecule has 2 rings (SSSR count). The van der Waals surface area contributed by atoms with Crippen LogP contribution in [-0.2, 0) is 0 Å². The molecule has 3 heteroatoms. The molecule has 0 amide bonds. The predicted molar refractivity (Wildman–Crippen MR) is 87.2 cm³/mol. The number of rotatable bonds is 6. The Morgan fingerprint density at radius 2 is 1.75 bits per heavy atom. The first kappa shape index (κ1) is 16.3. The third kappa shape index (κ3) is 5.34. The smallest absolute Gasteiger partial charge is 0.0189 e. The van der Waals surface area contributed by atoms with Gasteiger partial charge in [-0.05, 0) is 65.7 Å². The maximum absolute atomic E-state index is 3.80. The monoisotopic (exact) mass is 281 g/mol. The summed E-state index contributed by atoms with van der Waals surface area (Å²) in [5.74, 6) is 0.910. The lowest BCUT2D eigenvalue weighted by Gasteiger charge is -2.34. The summed E-state index contributed by atoms with van der Waals surface area (Å²) in [7, 11) is 4.56. The summed E-state index contributed by atoms with van der Waals surface area (Å²) in [6.07, 6.45) is 9.85. The normalized spacial score (nSPS) is 25.2. The fourth-order valence-electron chi connectivity index (χ4n) is 3.63. The van der Waals surface area contributed by atoms with E-state index in [1.807, 2.05) is 0 Å². The van der Waals surface area contributed by atoms with Gasteiger partial charge in [-0.1, -0.05) is 19.3 Å². The molecule has 1 saturated heterocycles. The van der Waals surface area contributed by atoms with Gasteiger partial charge in [0.25, 0.3) is 0 Å². The van der Waals surface area contributed by atoms with Gasteiger partial charge in [-0.15, -0.1) is 0 Å². The quantitative estimate of drug-likeness (QED) is 0.807. The van der Waals surface area contributed by atoms with E-state index in [2.05, 4.69) is 36.1 Å². The molecule has 3 nitrogen and oxygen atoms in total. The molecule has 0 aromatic heterocycles. The number of nitrogens with zero attached hydrogens (tertiary/aromatic N) is 2. The van der Waals surface area contributed by atoms with Crippen molar-refractivity contribution >= 4 is 0 Å². The minimum absolute atomic E-state index is 0.664. The number of nitrogens with one attached hydrogen (secondary N) is 1. The van der Waals surface area contributed by atoms with Crippen molar-refractivity contribution in [1.82, 2.24) is 15.1 Å².